The van der Waals surface area contributed by atoms with Crippen LogP contribution in [0.4, 0.5) is 5.82 Å². The highest BCUT2D eigenvalue weighted by atomic mass is 35.5. The highest BCUT2D eigenvalue weighted by molar-refractivity contribution is 5.85. The number of halogens is 2. The molecule has 2 fully saturated rings. The summed E-state index contributed by atoms with van der Waals surface area (Å²) in [6.45, 7) is 3.60. The van der Waals surface area contributed by atoms with E-state index in [9.17, 15) is 0 Å². The van der Waals surface area contributed by atoms with Crippen molar-refractivity contribution in [3.63, 3.8) is 0 Å². The number of nitrogens with two attached hydrogens (primary N) is 1. The van der Waals surface area contributed by atoms with Crippen LogP contribution >= 0.6 is 24.8 Å². The molecular weight excluding hydrogens is 427 g/mol. The summed E-state index contributed by atoms with van der Waals surface area (Å²) in [6.07, 6.45) is 8.81. The Morgan fingerprint density at radius 3 is 2.53 bits per heavy atom. The average Bonchev–Trinajstić information content (AvgIpc) is 3.33. The van der Waals surface area contributed by atoms with Gasteiger partial charge in [0.05, 0.1) is 11.7 Å². The number of imidazole rings is 1. The van der Waals surface area contributed by atoms with E-state index in [1.807, 2.05) is 6.20 Å². The summed E-state index contributed by atoms with van der Waals surface area (Å²) in [4.78, 5) is 11.7. The number of hydrogen-bond donors (Lipinski definition) is 2. The van der Waals surface area contributed by atoms with E-state index >= 15 is 0 Å². The third-order valence-electron chi connectivity index (χ3n) is 6.45. The topological polar surface area (TPSA) is 111 Å². The fourth-order valence-electron chi connectivity index (χ4n) is 4.96. The van der Waals surface area contributed by atoms with Crippen LogP contribution in [0.2, 0.25) is 0 Å². The molecule has 5 heterocycles. The Bertz CT molecular complexity index is 992. The minimum atomic E-state index is 0. The van der Waals surface area contributed by atoms with E-state index in [4.69, 9.17) is 15.3 Å². The second-order valence-electron chi connectivity index (χ2n) is 7.94. The summed E-state index contributed by atoms with van der Waals surface area (Å²) in [7, 11) is 2.27. The van der Waals surface area contributed by atoms with Crippen molar-refractivity contribution in [1.29, 1.82) is 0 Å². The molecule has 3 aromatic rings. The van der Waals surface area contributed by atoms with Crippen molar-refractivity contribution in [2.75, 3.05) is 12.8 Å². The Balaban J connectivity index is 0.00000128. The van der Waals surface area contributed by atoms with E-state index in [2.05, 4.69) is 44.1 Å². The molecule has 0 radical (unpaired) electrons. The molecule has 164 valence electrons. The molecule has 0 spiro atoms. The lowest BCUT2D eigenvalue weighted by atomic mass is 9.98. The Hall–Kier alpha value is -1.94. The van der Waals surface area contributed by atoms with Gasteiger partial charge in [0.15, 0.2) is 17.3 Å². The molecule has 2 unspecified atom stereocenters. The van der Waals surface area contributed by atoms with Crippen molar-refractivity contribution in [3.05, 3.63) is 18.0 Å². The third-order valence-corrected chi connectivity index (χ3v) is 6.45. The van der Waals surface area contributed by atoms with Crippen molar-refractivity contribution in [3.8, 4) is 11.5 Å². The zero-order valence-corrected chi connectivity index (χ0v) is 18.7. The lowest BCUT2D eigenvalue weighted by molar-refractivity contribution is 0.148. The standard InChI is InChI=1S/C19H26N8O.2ClH/c1-3-27-17-11(9-22-12-6-13-4-5-14(7-12)26(13)2)8-21-10-15(17)23-19(27)16-18(20)25-28-24-16;;/h8,10,12-14,22H,3-7,9H2,1-2H3,(H2,20,25);2*1H. The maximum absolute atomic E-state index is 5.90. The molecule has 3 aromatic heterocycles. The Kier molecular flexibility index (Phi) is 6.86. The summed E-state index contributed by atoms with van der Waals surface area (Å²) in [5, 5.41) is 11.4. The van der Waals surface area contributed by atoms with Crippen LogP contribution in [-0.4, -0.2) is 54.9 Å². The van der Waals surface area contributed by atoms with Gasteiger partial charge in [-0.1, -0.05) is 0 Å². The van der Waals surface area contributed by atoms with Crippen molar-refractivity contribution < 1.29 is 4.63 Å². The van der Waals surface area contributed by atoms with Crippen LogP contribution in [0.25, 0.3) is 22.6 Å². The van der Waals surface area contributed by atoms with Gasteiger partial charge in [-0.25, -0.2) is 9.61 Å². The van der Waals surface area contributed by atoms with Crippen LogP contribution in [0.15, 0.2) is 17.0 Å². The van der Waals surface area contributed by atoms with Crippen LogP contribution in [-0.2, 0) is 13.1 Å². The molecule has 11 heteroatoms. The minimum Gasteiger partial charge on any atom is -0.379 e. The largest absolute Gasteiger partial charge is 0.379 e. The summed E-state index contributed by atoms with van der Waals surface area (Å²) in [6, 6.07) is 2.00. The van der Waals surface area contributed by atoms with Gasteiger partial charge in [-0.05, 0) is 50.0 Å². The molecule has 2 saturated heterocycles. The number of pyridine rings is 1. The highest BCUT2D eigenvalue weighted by Crippen LogP contribution is 2.34. The van der Waals surface area contributed by atoms with Gasteiger partial charge < -0.3 is 20.5 Å². The monoisotopic (exact) mass is 454 g/mol. The van der Waals surface area contributed by atoms with Gasteiger partial charge in [-0.2, -0.15) is 0 Å². The number of nitrogen functional groups attached to an aromatic ring is 1. The van der Waals surface area contributed by atoms with E-state index in [1.54, 1.807) is 6.20 Å². The zero-order valence-electron chi connectivity index (χ0n) is 17.1. The number of nitrogens with zero attached hydrogens (tertiary/aromatic N) is 6. The van der Waals surface area contributed by atoms with E-state index in [0.29, 0.717) is 17.6 Å². The minimum absolute atomic E-state index is 0. The third kappa shape index (κ3) is 3.75. The zero-order chi connectivity index (χ0) is 19.3. The fourth-order valence-corrected chi connectivity index (χ4v) is 4.96. The van der Waals surface area contributed by atoms with Gasteiger partial charge in [0, 0.05) is 43.0 Å². The lowest BCUT2D eigenvalue weighted by Gasteiger charge is -2.36. The van der Waals surface area contributed by atoms with E-state index in [-0.39, 0.29) is 30.6 Å². The number of aromatic nitrogens is 5. The summed E-state index contributed by atoms with van der Waals surface area (Å²) < 4.78 is 6.89. The molecule has 0 amide bonds. The first-order chi connectivity index (χ1) is 13.7. The van der Waals surface area contributed by atoms with Crippen molar-refractivity contribution in [2.45, 2.75) is 63.8 Å². The smallest absolute Gasteiger partial charge is 0.199 e. The molecule has 2 aliphatic rings. The SMILES string of the molecule is CCn1c(-c2nonc2N)nc2cncc(CNC3CC4CCC(C3)N4C)c21.Cl.Cl. The van der Waals surface area contributed by atoms with Crippen molar-refractivity contribution in [2.24, 2.45) is 0 Å². The molecule has 0 saturated carbocycles. The number of piperidine rings is 1. The molecule has 2 aliphatic heterocycles. The first-order valence-corrected chi connectivity index (χ1v) is 10.0. The van der Waals surface area contributed by atoms with Crippen LogP contribution < -0.4 is 11.1 Å². The van der Waals surface area contributed by atoms with Gasteiger partial charge in [0.2, 0.25) is 0 Å². The van der Waals surface area contributed by atoms with Gasteiger partial charge in [-0.15, -0.1) is 24.8 Å². The summed E-state index contributed by atoms with van der Waals surface area (Å²) in [5.41, 5.74) is 9.42. The summed E-state index contributed by atoms with van der Waals surface area (Å²) in [5.74, 6) is 0.919. The number of hydrogen-bond acceptors (Lipinski definition) is 8. The van der Waals surface area contributed by atoms with Gasteiger partial charge in [0.25, 0.3) is 0 Å². The maximum Gasteiger partial charge on any atom is 0.199 e. The maximum atomic E-state index is 5.90. The predicted octanol–water partition coefficient (Wildman–Crippen LogP) is 2.64. The van der Waals surface area contributed by atoms with Gasteiger partial charge in [0.1, 0.15) is 5.52 Å². The Morgan fingerprint density at radius 2 is 1.90 bits per heavy atom. The molecule has 0 aliphatic carbocycles. The molecule has 2 atom stereocenters. The molecule has 2 bridgehead atoms. The number of nitrogens with one attached hydrogen (secondary N) is 1. The molecule has 9 nitrogen and oxygen atoms in total. The van der Waals surface area contributed by atoms with Gasteiger partial charge in [-0.3, -0.25) is 4.98 Å². The quantitative estimate of drug-likeness (QED) is 0.604. The first kappa shape index (κ1) is 22.7. The predicted molar refractivity (Wildman–Crippen MR) is 120 cm³/mol. The Morgan fingerprint density at radius 1 is 1.17 bits per heavy atom. The second kappa shape index (κ2) is 9.05. The number of anilines is 1. The molecule has 30 heavy (non-hydrogen) atoms. The van der Waals surface area contributed by atoms with Gasteiger partial charge >= 0.3 is 0 Å². The first-order valence-electron chi connectivity index (χ1n) is 10.0. The number of rotatable bonds is 5. The van der Waals surface area contributed by atoms with Crippen molar-refractivity contribution >= 4 is 41.7 Å². The number of fused-ring (bicyclic) bond motifs is 3. The molecular formula is C19H28Cl2N8O. The van der Waals surface area contributed by atoms with Crippen LogP contribution in [0.5, 0.6) is 0 Å². The molecule has 3 N–H and O–H groups in total. The normalized spacial score (nSPS) is 23.3. The van der Waals surface area contributed by atoms with Crippen LogP contribution in [0, 0.1) is 0 Å². The van der Waals surface area contributed by atoms with Crippen LogP contribution in [0.3, 0.4) is 0 Å². The second-order valence-corrected chi connectivity index (χ2v) is 7.94. The average molecular weight is 455 g/mol. The van der Waals surface area contributed by atoms with Crippen molar-refractivity contribution in [1.82, 2.24) is 35.1 Å². The molecule has 0 aromatic carbocycles. The van der Waals surface area contributed by atoms with E-state index in [0.717, 1.165) is 41.8 Å². The Labute approximate surface area is 187 Å². The lowest BCUT2D eigenvalue weighted by Crippen LogP contribution is -2.47. The number of aryl methyl sites for hydroxylation is 1. The highest BCUT2D eigenvalue weighted by Gasteiger charge is 2.38. The van der Waals surface area contributed by atoms with E-state index < -0.39 is 0 Å². The van der Waals surface area contributed by atoms with E-state index in [1.165, 1.54) is 25.7 Å². The van der Waals surface area contributed by atoms with Crippen LogP contribution in [0.1, 0.15) is 38.2 Å². The fraction of sp³-hybridized carbons (Fsp3) is 0.579. The molecule has 5 rings (SSSR count). The summed E-state index contributed by atoms with van der Waals surface area (Å²) >= 11 is 0.